The number of unbranched alkanes of at least 4 members (excludes halogenated alkanes) is 8. The highest BCUT2D eigenvalue weighted by Gasteiger charge is 2.01. The van der Waals surface area contributed by atoms with Gasteiger partial charge in [-0.3, -0.25) is 0 Å². The molecule has 2 rings (SSSR count). The van der Waals surface area contributed by atoms with Gasteiger partial charge in [0.1, 0.15) is 11.5 Å². The Hall–Kier alpha value is -2.04. The largest absolute Gasteiger partial charge is 0.494 e. The molecule has 0 aliphatic heterocycles. The fraction of sp³-hybridized carbons (Fsp3) is 0.538. The quantitative estimate of drug-likeness (QED) is 0.312. The van der Waals surface area contributed by atoms with Gasteiger partial charge < -0.3 is 19.7 Å². The van der Waals surface area contributed by atoms with Crippen LogP contribution in [0.4, 0.5) is 0 Å². The van der Waals surface area contributed by atoms with Gasteiger partial charge in [-0.2, -0.15) is 0 Å². The smallest absolute Gasteiger partial charge is 0.119 e. The Bertz CT molecular complexity index is 592. The standard InChI is InChI=1S/C26H38O4/c27-19-7-3-1-5-9-21-29-25-15-11-23(12-16-25)24-13-17-26(18-14-24)30-22-10-6-2-4-8-20-28/h11-18,27-28H,1-10,19-22H2. The van der Waals surface area contributed by atoms with Gasteiger partial charge in [-0.1, -0.05) is 62.8 Å². The summed E-state index contributed by atoms with van der Waals surface area (Å²) in [6.07, 6.45) is 10.7. The van der Waals surface area contributed by atoms with Crippen molar-refractivity contribution in [2.75, 3.05) is 26.4 Å². The van der Waals surface area contributed by atoms with Crippen LogP contribution in [0.3, 0.4) is 0 Å². The van der Waals surface area contributed by atoms with Crippen LogP contribution in [0.5, 0.6) is 11.5 Å². The van der Waals surface area contributed by atoms with Crippen molar-refractivity contribution in [2.45, 2.75) is 64.2 Å². The third-order valence-electron chi connectivity index (χ3n) is 5.18. The molecular formula is C26H38O4. The molecule has 2 aromatic rings. The molecule has 0 spiro atoms. The zero-order valence-electron chi connectivity index (χ0n) is 18.2. The molecule has 0 saturated carbocycles. The minimum Gasteiger partial charge on any atom is -0.494 e. The van der Waals surface area contributed by atoms with Crippen LogP contribution < -0.4 is 9.47 Å². The Labute approximate surface area is 181 Å². The Morgan fingerprint density at radius 3 is 1.13 bits per heavy atom. The topological polar surface area (TPSA) is 58.9 Å². The Kier molecular flexibility index (Phi) is 12.7. The molecule has 0 radical (unpaired) electrons. The Morgan fingerprint density at radius 2 is 0.767 bits per heavy atom. The first-order valence-corrected chi connectivity index (χ1v) is 11.5. The van der Waals surface area contributed by atoms with Crippen LogP contribution in [0.15, 0.2) is 48.5 Å². The minimum absolute atomic E-state index is 0.297. The molecule has 0 amide bonds. The summed E-state index contributed by atoms with van der Waals surface area (Å²) in [7, 11) is 0. The van der Waals surface area contributed by atoms with Crippen LogP contribution in [-0.4, -0.2) is 36.6 Å². The highest BCUT2D eigenvalue weighted by Crippen LogP contribution is 2.25. The lowest BCUT2D eigenvalue weighted by Crippen LogP contribution is -1.97. The Balaban J connectivity index is 1.65. The van der Waals surface area contributed by atoms with Crippen LogP contribution in [-0.2, 0) is 0 Å². The molecule has 0 aromatic heterocycles. The van der Waals surface area contributed by atoms with E-state index in [0.717, 1.165) is 88.9 Å². The summed E-state index contributed by atoms with van der Waals surface area (Å²) in [5, 5.41) is 17.5. The summed E-state index contributed by atoms with van der Waals surface area (Å²) >= 11 is 0. The fourth-order valence-corrected chi connectivity index (χ4v) is 3.36. The summed E-state index contributed by atoms with van der Waals surface area (Å²) in [6, 6.07) is 16.5. The van der Waals surface area contributed by atoms with Gasteiger partial charge >= 0.3 is 0 Å². The van der Waals surface area contributed by atoms with Crippen molar-refractivity contribution in [3.8, 4) is 22.6 Å². The van der Waals surface area contributed by atoms with Crippen LogP contribution in [0, 0.1) is 0 Å². The fourth-order valence-electron chi connectivity index (χ4n) is 3.36. The van der Waals surface area contributed by atoms with E-state index in [0.29, 0.717) is 13.2 Å². The van der Waals surface area contributed by atoms with Gasteiger partial charge in [0.2, 0.25) is 0 Å². The highest BCUT2D eigenvalue weighted by molar-refractivity contribution is 5.64. The van der Waals surface area contributed by atoms with E-state index in [-0.39, 0.29) is 0 Å². The molecule has 0 unspecified atom stereocenters. The second-order valence-corrected chi connectivity index (χ2v) is 7.73. The summed E-state index contributed by atoms with van der Waals surface area (Å²) in [5.74, 6) is 1.82. The van der Waals surface area contributed by atoms with E-state index in [1.54, 1.807) is 0 Å². The maximum absolute atomic E-state index is 8.77. The molecule has 166 valence electrons. The summed E-state index contributed by atoms with van der Waals surface area (Å²) in [4.78, 5) is 0. The summed E-state index contributed by atoms with van der Waals surface area (Å²) in [5.41, 5.74) is 2.34. The SMILES string of the molecule is OCCCCCCCOc1ccc(-c2ccc(OCCCCCCCO)cc2)cc1. The van der Waals surface area contributed by atoms with E-state index >= 15 is 0 Å². The second kappa shape index (κ2) is 15.8. The van der Waals surface area contributed by atoms with E-state index in [2.05, 4.69) is 24.3 Å². The lowest BCUT2D eigenvalue weighted by atomic mass is 10.1. The Morgan fingerprint density at radius 1 is 0.433 bits per heavy atom. The molecule has 30 heavy (non-hydrogen) atoms. The van der Waals surface area contributed by atoms with Gasteiger partial charge in [0.05, 0.1) is 13.2 Å². The van der Waals surface area contributed by atoms with E-state index in [1.165, 1.54) is 11.1 Å². The van der Waals surface area contributed by atoms with Gasteiger partial charge in [0.15, 0.2) is 0 Å². The molecule has 0 aliphatic rings. The first kappa shape index (κ1) is 24.2. The summed E-state index contributed by atoms with van der Waals surface area (Å²) in [6.45, 7) is 2.08. The van der Waals surface area contributed by atoms with Gasteiger partial charge in [-0.05, 0) is 61.1 Å². The molecule has 0 atom stereocenters. The highest BCUT2D eigenvalue weighted by atomic mass is 16.5. The molecule has 2 aromatic carbocycles. The predicted molar refractivity (Wildman–Crippen MR) is 123 cm³/mol. The van der Waals surface area contributed by atoms with Crippen LogP contribution in [0.25, 0.3) is 11.1 Å². The number of hydrogen-bond donors (Lipinski definition) is 2. The lowest BCUT2D eigenvalue weighted by molar-refractivity contribution is 0.278. The van der Waals surface area contributed by atoms with E-state index in [9.17, 15) is 0 Å². The maximum atomic E-state index is 8.77. The van der Waals surface area contributed by atoms with Gasteiger partial charge in [0, 0.05) is 13.2 Å². The zero-order valence-corrected chi connectivity index (χ0v) is 18.2. The molecule has 0 saturated heterocycles. The molecule has 2 N–H and O–H groups in total. The minimum atomic E-state index is 0.297. The van der Waals surface area contributed by atoms with Crippen molar-refractivity contribution in [1.82, 2.24) is 0 Å². The number of aliphatic hydroxyl groups excluding tert-OH is 2. The van der Waals surface area contributed by atoms with E-state index in [4.69, 9.17) is 19.7 Å². The third kappa shape index (κ3) is 10.1. The molecule has 0 fully saturated rings. The second-order valence-electron chi connectivity index (χ2n) is 7.73. The van der Waals surface area contributed by atoms with Gasteiger partial charge in [-0.25, -0.2) is 0 Å². The van der Waals surface area contributed by atoms with E-state index in [1.807, 2.05) is 24.3 Å². The average molecular weight is 415 g/mol. The number of hydrogen-bond acceptors (Lipinski definition) is 4. The first-order chi connectivity index (χ1) is 14.8. The van der Waals surface area contributed by atoms with Crippen LogP contribution in [0.2, 0.25) is 0 Å². The molecule has 0 aliphatic carbocycles. The lowest BCUT2D eigenvalue weighted by Gasteiger charge is -2.09. The van der Waals surface area contributed by atoms with Crippen molar-refractivity contribution >= 4 is 0 Å². The molecule has 4 heteroatoms. The normalized spacial score (nSPS) is 10.9. The average Bonchev–Trinajstić information content (AvgIpc) is 2.79. The third-order valence-corrected chi connectivity index (χ3v) is 5.18. The monoisotopic (exact) mass is 414 g/mol. The summed E-state index contributed by atoms with van der Waals surface area (Å²) < 4.78 is 11.7. The number of rotatable bonds is 17. The molecular weight excluding hydrogens is 376 g/mol. The molecule has 0 bridgehead atoms. The van der Waals surface area contributed by atoms with Crippen molar-refractivity contribution in [3.05, 3.63) is 48.5 Å². The maximum Gasteiger partial charge on any atom is 0.119 e. The van der Waals surface area contributed by atoms with Gasteiger partial charge in [-0.15, -0.1) is 0 Å². The number of ether oxygens (including phenoxy) is 2. The van der Waals surface area contributed by atoms with Crippen LogP contribution >= 0.6 is 0 Å². The first-order valence-electron chi connectivity index (χ1n) is 11.5. The number of benzene rings is 2. The van der Waals surface area contributed by atoms with Crippen molar-refractivity contribution in [3.63, 3.8) is 0 Å². The predicted octanol–water partition coefficient (Wildman–Crippen LogP) is 6.00. The van der Waals surface area contributed by atoms with E-state index < -0.39 is 0 Å². The molecule has 4 nitrogen and oxygen atoms in total. The van der Waals surface area contributed by atoms with Gasteiger partial charge in [0.25, 0.3) is 0 Å². The van der Waals surface area contributed by atoms with Crippen molar-refractivity contribution in [1.29, 1.82) is 0 Å². The number of aliphatic hydroxyl groups is 2. The van der Waals surface area contributed by atoms with Crippen molar-refractivity contribution in [2.24, 2.45) is 0 Å². The van der Waals surface area contributed by atoms with Crippen LogP contribution in [0.1, 0.15) is 64.2 Å². The zero-order chi connectivity index (χ0) is 21.3. The molecule has 0 heterocycles. The van der Waals surface area contributed by atoms with Crippen molar-refractivity contribution < 1.29 is 19.7 Å².